The number of rotatable bonds is 4. The van der Waals surface area contributed by atoms with Gasteiger partial charge in [0.2, 0.25) is 5.89 Å². The molecule has 4 N–H and O–H groups in total. The van der Waals surface area contributed by atoms with E-state index in [1.54, 1.807) is 0 Å². The van der Waals surface area contributed by atoms with Gasteiger partial charge in [-0.1, -0.05) is 0 Å². The van der Waals surface area contributed by atoms with Crippen LogP contribution in [0.2, 0.25) is 0 Å². The van der Waals surface area contributed by atoms with E-state index in [-0.39, 0.29) is 0 Å². The number of hydrogen-bond acceptors (Lipinski definition) is 5. The minimum Gasteiger partial charge on any atom is -0.388 e. The Hall–Kier alpha value is -1.60. The van der Waals surface area contributed by atoms with Crippen LogP contribution in [0.3, 0.4) is 0 Å². The van der Waals surface area contributed by atoms with Gasteiger partial charge in [-0.25, -0.2) is 9.89 Å². The smallest absolute Gasteiger partial charge is 0.388 e. The van der Waals surface area contributed by atoms with E-state index in [0.29, 0.717) is 23.9 Å². The van der Waals surface area contributed by atoms with Gasteiger partial charge in [-0.05, 0) is 72.7 Å². The van der Waals surface area contributed by atoms with Gasteiger partial charge in [0, 0.05) is 27.8 Å². The number of nitrogens with one attached hydrogen (secondary N) is 2. The number of halogens is 1. The van der Waals surface area contributed by atoms with E-state index in [0.717, 1.165) is 41.4 Å². The molecule has 124 valence electrons. The van der Waals surface area contributed by atoms with Gasteiger partial charge in [-0.3, -0.25) is 0 Å². The topological polar surface area (TPSA) is 96.9 Å². The van der Waals surface area contributed by atoms with Crippen LogP contribution in [0.15, 0.2) is 31.9 Å². The maximum atomic E-state index is 11.1. The zero-order valence-corrected chi connectivity index (χ0v) is 14.6. The van der Waals surface area contributed by atoms with E-state index >= 15 is 0 Å². The van der Waals surface area contributed by atoms with Crippen molar-refractivity contribution in [3.8, 4) is 11.5 Å². The highest BCUT2D eigenvalue weighted by atomic mass is 79.9. The summed E-state index contributed by atoms with van der Waals surface area (Å²) in [7, 11) is 0. The zero-order chi connectivity index (χ0) is 16.4. The molecule has 0 amide bonds. The molecule has 7 heteroatoms. The van der Waals surface area contributed by atoms with Crippen molar-refractivity contribution in [1.29, 1.82) is 0 Å². The van der Waals surface area contributed by atoms with Crippen LogP contribution in [0, 0.1) is 5.92 Å². The third-order valence-corrected chi connectivity index (χ3v) is 5.25. The first-order valence-corrected chi connectivity index (χ1v) is 8.70. The van der Waals surface area contributed by atoms with Crippen LogP contribution in [0.5, 0.6) is 0 Å². The molecule has 1 aliphatic rings. The first kappa shape index (κ1) is 16.3. The Kier molecular flexibility index (Phi) is 4.87. The number of aromatic nitrogens is 2. The average Bonchev–Trinajstić information content (AvgIpc) is 2.96. The van der Waals surface area contributed by atoms with Gasteiger partial charge in [0.15, 0.2) is 0 Å². The fourth-order valence-corrected chi connectivity index (χ4v) is 3.49. The van der Waals surface area contributed by atoms with Gasteiger partial charge in [0.25, 0.3) is 0 Å². The Balaban J connectivity index is 1.75. The van der Waals surface area contributed by atoms with E-state index in [1.807, 2.05) is 18.2 Å². The number of aromatic amines is 1. The van der Waals surface area contributed by atoms with E-state index in [2.05, 4.69) is 38.4 Å². The predicted octanol–water partition coefficient (Wildman–Crippen LogP) is 3.11. The van der Waals surface area contributed by atoms with Crippen molar-refractivity contribution in [3.63, 3.8) is 0 Å². The van der Waals surface area contributed by atoms with E-state index in [9.17, 15) is 4.79 Å². The maximum Gasteiger partial charge on any atom is 0.434 e. The summed E-state index contributed by atoms with van der Waals surface area (Å²) < 4.78 is 5.99. The van der Waals surface area contributed by atoms with Gasteiger partial charge in [-0.2, -0.15) is 0 Å². The fourth-order valence-electron chi connectivity index (χ4n) is 3.13. The molecular formula is C16H21BrN4O2. The van der Waals surface area contributed by atoms with Gasteiger partial charge >= 0.3 is 5.76 Å². The molecule has 0 saturated heterocycles. The second-order valence-corrected chi connectivity index (χ2v) is 7.08. The molecule has 1 fully saturated rings. The second kappa shape index (κ2) is 6.88. The summed E-state index contributed by atoms with van der Waals surface area (Å²) in [6, 6.07) is 6.43. The summed E-state index contributed by atoms with van der Waals surface area (Å²) in [4.78, 5) is 11.1. The highest BCUT2D eigenvalue weighted by molar-refractivity contribution is 9.10. The largest absolute Gasteiger partial charge is 0.434 e. The van der Waals surface area contributed by atoms with Crippen LogP contribution in [0.4, 0.5) is 5.69 Å². The Labute approximate surface area is 143 Å². The molecule has 1 heterocycles. The molecule has 0 spiro atoms. The Morgan fingerprint density at radius 2 is 2.13 bits per heavy atom. The molecule has 0 radical (unpaired) electrons. The first-order chi connectivity index (χ1) is 11.0. The number of nitrogens with zero attached hydrogens (tertiary/aromatic N) is 1. The summed E-state index contributed by atoms with van der Waals surface area (Å²) in [6.07, 6.45) is 4.49. The average molecular weight is 381 g/mol. The SMILES string of the molecule is C[C@H](Nc1cc(-c2n[nH]c(=O)o2)ccc1Br)C1CCC(N)CC1. The van der Waals surface area contributed by atoms with Gasteiger partial charge in [0.1, 0.15) is 0 Å². The molecule has 1 saturated carbocycles. The number of benzene rings is 1. The van der Waals surface area contributed by atoms with Crippen LogP contribution in [-0.2, 0) is 0 Å². The molecule has 1 aromatic heterocycles. The van der Waals surface area contributed by atoms with Crippen LogP contribution < -0.4 is 16.8 Å². The summed E-state index contributed by atoms with van der Waals surface area (Å²) in [5.41, 5.74) is 7.71. The number of anilines is 1. The van der Waals surface area contributed by atoms with Crippen LogP contribution in [-0.4, -0.2) is 22.3 Å². The van der Waals surface area contributed by atoms with Crippen LogP contribution in [0.25, 0.3) is 11.5 Å². The zero-order valence-electron chi connectivity index (χ0n) is 13.0. The Bertz CT molecular complexity index is 719. The predicted molar refractivity (Wildman–Crippen MR) is 93.3 cm³/mol. The normalized spacial score (nSPS) is 22.7. The van der Waals surface area contributed by atoms with Crippen molar-refractivity contribution in [2.24, 2.45) is 11.7 Å². The summed E-state index contributed by atoms with van der Waals surface area (Å²) in [6.45, 7) is 2.20. The van der Waals surface area contributed by atoms with Gasteiger partial charge in [-0.15, -0.1) is 5.10 Å². The van der Waals surface area contributed by atoms with Crippen molar-refractivity contribution >= 4 is 21.6 Å². The third kappa shape index (κ3) is 3.84. The monoisotopic (exact) mass is 380 g/mol. The van der Waals surface area contributed by atoms with E-state index < -0.39 is 5.76 Å². The van der Waals surface area contributed by atoms with E-state index in [4.69, 9.17) is 10.2 Å². The third-order valence-electron chi connectivity index (χ3n) is 4.56. The lowest BCUT2D eigenvalue weighted by Gasteiger charge is -2.32. The lowest BCUT2D eigenvalue weighted by molar-refractivity contribution is 0.302. The van der Waals surface area contributed by atoms with Crippen LogP contribution >= 0.6 is 15.9 Å². The van der Waals surface area contributed by atoms with Crippen molar-refractivity contribution < 1.29 is 4.42 Å². The second-order valence-electron chi connectivity index (χ2n) is 6.22. The fraction of sp³-hybridized carbons (Fsp3) is 0.500. The molecule has 1 aromatic carbocycles. The molecule has 1 aliphatic carbocycles. The maximum absolute atomic E-state index is 11.1. The minimum absolute atomic E-state index is 0.293. The molecule has 0 aliphatic heterocycles. The number of H-pyrrole nitrogens is 1. The van der Waals surface area contributed by atoms with Crippen molar-refractivity contribution in [2.75, 3.05) is 5.32 Å². The first-order valence-electron chi connectivity index (χ1n) is 7.90. The quantitative estimate of drug-likeness (QED) is 0.756. The summed E-state index contributed by atoms with van der Waals surface area (Å²) in [5.74, 6) is 0.361. The standard InChI is InChI=1S/C16H21BrN4O2/c1-9(10-2-5-12(18)6-3-10)19-14-8-11(4-7-13(14)17)15-20-21-16(22)23-15/h4,7-10,12,19H,2-3,5-6,18H2,1H3,(H,21,22)/t9-,10?,12?/m0/s1. The Morgan fingerprint density at radius 1 is 1.39 bits per heavy atom. The molecule has 2 aromatic rings. The lowest BCUT2D eigenvalue weighted by atomic mass is 9.82. The van der Waals surface area contributed by atoms with Crippen molar-refractivity contribution in [2.45, 2.75) is 44.7 Å². The van der Waals surface area contributed by atoms with Gasteiger partial charge < -0.3 is 15.5 Å². The Morgan fingerprint density at radius 3 is 2.78 bits per heavy atom. The number of hydrogen-bond donors (Lipinski definition) is 3. The van der Waals surface area contributed by atoms with Gasteiger partial charge in [0.05, 0.1) is 0 Å². The van der Waals surface area contributed by atoms with Crippen molar-refractivity contribution in [1.82, 2.24) is 10.2 Å². The number of nitrogens with two attached hydrogens (primary N) is 1. The molecule has 3 rings (SSSR count). The highest BCUT2D eigenvalue weighted by Crippen LogP contribution is 2.32. The molecule has 0 bridgehead atoms. The molecular weight excluding hydrogens is 360 g/mol. The summed E-state index contributed by atoms with van der Waals surface area (Å²) in [5, 5.41) is 9.72. The molecule has 6 nitrogen and oxygen atoms in total. The molecule has 0 unspecified atom stereocenters. The minimum atomic E-state index is -0.552. The van der Waals surface area contributed by atoms with Crippen LogP contribution in [0.1, 0.15) is 32.6 Å². The van der Waals surface area contributed by atoms with E-state index in [1.165, 1.54) is 0 Å². The molecule has 23 heavy (non-hydrogen) atoms. The summed E-state index contributed by atoms with van der Waals surface area (Å²) >= 11 is 3.57. The molecule has 1 atom stereocenters. The highest BCUT2D eigenvalue weighted by Gasteiger charge is 2.24. The van der Waals surface area contributed by atoms with Crippen molar-refractivity contribution in [3.05, 3.63) is 33.2 Å². The lowest BCUT2D eigenvalue weighted by Crippen LogP contribution is -2.34.